The maximum Gasteiger partial charge on any atom is 0.136 e. The van der Waals surface area contributed by atoms with Crippen molar-refractivity contribution in [3.05, 3.63) is 194 Å². The summed E-state index contributed by atoms with van der Waals surface area (Å²) in [4.78, 5) is 0. The Morgan fingerprint density at radius 1 is 0.293 bits per heavy atom. The van der Waals surface area contributed by atoms with Crippen LogP contribution in [-0.4, -0.2) is 0 Å². The summed E-state index contributed by atoms with van der Waals surface area (Å²) in [5.41, 5.74) is 9.22. The van der Waals surface area contributed by atoms with Crippen LogP contribution in [0.15, 0.2) is 199 Å². The maximum absolute atomic E-state index is 6.74. The Morgan fingerprint density at radius 3 is 1.60 bits per heavy atom. The van der Waals surface area contributed by atoms with Gasteiger partial charge in [-0.2, -0.15) is 0 Å². The van der Waals surface area contributed by atoms with Crippen LogP contribution in [0.25, 0.3) is 129 Å². The quantitative estimate of drug-likeness (QED) is 0.164. The number of fused-ring (bicyclic) bond motifs is 13. The molecular weight excluding hydrogens is 721 g/mol. The molecule has 2 heterocycles. The van der Waals surface area contributed by atoms with Crippen molar-refractivity contribution < 1.29 is 4.42 Å². The van der Waals surface area contributed by atoms with Gasteiger partial charge in [-0.25, -0.2) is 0 Å². The van der Waals surface area contributed by atoms with Gasteiger partial charge in [0.2, 0.25) is 0 Å². The molecule has 13 rings (SSSR count). The monoisotopic (exact) mass is 752 g/mol. The van der Waals surface area contributed by atoms with Crippen molar-refractivity contribution in [2.24, 2.45) is 0 Å². The van der Waals surface area contributed by atoms with Crippen molar-refractivity contribution in [3.63, 3.8) is 0 Å². The van der Waals surface area contributed by atoms with E-state index < -0.39 is 0 Å². The van der Waals surface area contributed by atoms with Gasteiger partial charge in [0.1, 0.15) is 11.2 Å². The van der Waals surface area contributed by atoms with E-state index in [-0.39, 0.29) is 0 Å². The molecule has 0 N–H and O–H groups in total. The molecule has 2 aromatic heterocycles. The largest absolute Gasteiger partial charge is 0.456 e. The summed E-state index contributed by atoms with van der Waals surface area (Å²) < 4.78 is 9.36. The van der Waals surface area contributed by atoms with Gasteiger partial charge in [-0.3, -0.25) is 0 Å². The lowest BCUT2D eigenvalue weighted by Crippen LogP contribution is -1.93. The third kappa shape index (κ3) is 4.46. The SMILES string of the molecule is c1ccc2c(-c3c4ccccc4c(-c4ccc(-c5ccc6c(c5)oc5ccc7ccc8sc9ccccc9c8c7c56)c5ccccc45)c4ccccc34)cccc2c1. The first-order chi connectivity index (χ1) is 28.8. The maximum atomic E-state index is 6.74. The second-order valence-corrected chi connectivity index (χ2v) is 16.5. The fourth-order valence-electron chi connectivity index (χ4n) is 9.99. The van der Waals surface area contributed by atoms with E-state index in [1.165, 1.54) is 107 Å². The van der Waals surface area contributed by atoms with E-state index in [4.69, 9.17) is 4.42 Å². The fourth-order valence-corrected chi connectivity index (χ4v) is 11.1. The summed E-state index contributed by atoms with van der Waals surface area (Å²) in [6.45, 7) is 0. The Hall–Kier alpha value is -7.26. The minimum Gasteiger partial charge on any atom is -0.456 e. The van der Waals surface area contributed by atoms with E-state index in [9.17, 15) is 0 Å². The molecule has 0 aliphatic heterocycles. The van der Waals surface area contributed by atoms with Crippen LogP contribution in [-0.2, 0) is 0 Å². The molecule has 0 saturated carbocycles. The molecule has 2 heteroatoms. The Balaban J connectivity index is 1.04. The van der Waals surface area contributed by atoms with E-state index >= 15 is 0 Å². The Kier molecular flexibility index (Phi) is 6.66. The van der Waals surface area contributed by atoms with Crippen LogP contribution in [0.2, 0.25) is 0 Å². The Bertz CT molecular complexity index is 3800. The van der Waals surface area contributed by atoms with Gasteiger partial charge in [0, 0.05) is 36.3 Å². The lowest BCUT2D eigenvalue weighted by atomic mass is 9.83. The smallest absolute Gasteiger partial charge is 0.136 e. The number of thiophene rings is 1. The molecule has 268 valence electrons. The summed E-state index contributed by atoms with van der Waals surface area (Å²) in [7, 11) is 0. The van der Waals surface area contributed by atoms with Gasteiger partial charge in [-0.15, -0.1) is 11.3 Å². The van der Waals surface area contributed by atoms with Crippen LogP contribution in [0.1, 0.15) is 0 Å². The standard InChI is InChI=1S/C56H32OS/c1-2-14-36-33(12-1)13-11-22-40(36)53-41-17-5-7-19-43(41)54(44-20-8-6-18-42(44)53)45-29-28-37(38-15-3-4-16-39(38)45)35-24-27-46-49(32-35)57-48-30-25-34-26-31-51-56(52(34)55(46)48)47-21-9-10-23-50(47)58-51/h1-32H. The molecule has 0 aliphatic carbocycles. The summed E-state index contributed by atoms with van der Waals surface area (Å²) >= 11 is 1.86. The summed E-state index contributed by atoms with van der Waals surface area (Å²) in [6.07, 6.45) is 0. The van der Waals surface area contributed by atoms with Gasteiger partial charge in [0.25, 0.3) is 0 Å². The second kappa shape index (κ2) is 12.1. The lowest BCUT2D eigenvalue weighted by Gasteiger charge is -2.20. The average molecular weight is 753 g/mol. The first kappa shape index (κ1) is 31.9. The number of rotatable bonds is 3. The molecule has 0 spiro atoms. The first-order valence-electron chi connectivity index (χ1n) is 19.9. The molecule has 11 aromatic carbocycles. The average Bonchev–Trinajstić information content (AvgIpc) is 3.86. The minimum absolute atomic E-state index is 0.908. The van der Waals surface area contributed by atoms with Crippen molar-refractivity contribution in [2.45, 2.75) is 0 Å². The van der Waals surface area contributed by atoms with E-state index in [0.717, 1.165) is 22.1 Å². The molecule has 0 aliphatic rings. The van der Waals surface area contributed by atoms with Crippen molar-refractivity contribution >= 4 is 107 Å². The summed E-state index contributed by atoms with van der Waals surface area (Å²) in [5.74, 6) is 0. The molecule has 58 heavy (non-hydrogen) atoms. The summed E-state index contributed by atoms with van der Waals surface area (Å²) in [5, 5.41) is 17.5. The molecule has 0 fully saturated rings. The van der Waals surface area contributed by atoms with Gasteiger partial charge in [-0.1, -0.05) is 164 Å². The third-order valence-corrected chi connectivity index (χ3v) is 13.6. The normalized spacial score (nSPS) is 12.1. The predicted molar refractivity (Wildman–Crippen MR) is 250 cm³/mol. The molecule has 0 saturated heterocycles. The number of furan rings is 1. The van der Waals surface area contributed by atoms with Crippen LogP contribution >= 0.6 is 11.3 Å². The highest BCUT2D eigenvalue weighted by molar-refractivity contribution is 7.26. The first-order valence-corrected chi connectivity index (χ1v) is 20.7. The van der Waals surface area contributed by atoms with E-state index in [1.807, 2.05) is 11.3 Å². The molecular formula is C56H32OS. The molecule has 0 amide bonds. The van der Waals surface area contributed by atoms with Gasteiger partial charge in [0.15, 0.2) is 0 Å². The highest BCUT2D eigenvalue weighted by atomic mass is 32.1. The highest BCUT2D eigenvalue weighted by Gasteiger charge is 2.21. The highest BCUT2D eigenvalue weighted by Crippen LogP contribution is 2.49. The zero-order valence-corrected chi connectivity index (χ0v) is 32.1. The number of benzene rings is 11. The minimum atomic E-state index is 0.908. The van der Waals surface area contributed by atoms with Crippen molar-refractivity contribution in [1.82, 2.24) is 0 Å². The van der Waals surface area contributed by atoms with E-state index in [0.29, 0.717) is 0 Å². The van der Waals surface area contributed by atoms with E-state index in [2.05, 4.69) is 194 Å². The van der Waals surface area contributed by atoms with Crippen LogP contribution in [0.5, 0.6) is 0 Å². The molecule has 13 aromatic rings. The molecule has 0 unspecified atom stereocenters. The Labute approximate surface area is 337 Å². The topological polar surface area (TPSA) is 13.1 Å². The van der Waals surface area contributed by atoms with Crippen LogP contribution in [0, 0.1) is 0 Å². The number of hydrogen-bond donors (Lipinski definition) is 0. The van der Waals surface area contributed by atoms with Crippen LogP contribution in [0.3, 0.4) is 0 Å². The van der Waals surface area contributed by atoms with Gasteiger partial charge in [0.05, 0.1) is 0 Å². The van der Waals surface area contributed by atoms with E-state index in [1.54, 1.807) is 0 Å². The number of hydrogen-bond acceptors (Lipinski definition) is 2. The van der Waals surface area contributed by atoms with Gasteiger partial charge >= 0.3 is 0 Å². The fraction of sp³-hybridized carbons (Fsp3) is 0. The molecule has 0 atom stereocenters. The predicted octanol–water partition coefficient (Wildman–Crippen LogP) is 16.7. The lowest BCUT2D eigenvalue weighted by molar-refractivity contribution is 0.669. The molecule has 0 bridgehead atoms. The third-order valence-electron chi connectivity index (χ3n) is 12.5. The van der Waals surface area contributed by atoms with Gasteiger partial charge < -0.3 is 4.42 Å². The molecule has 1 nitrogen and oxygen atoms in total. The van der Waals surface area contributed by atoms with Crippen molar-refractivity contribution in [2.75, 3.05) is 0 Å². The zero-order chi connectivity index (χ0) is 37.9. The van der Waals surface area contributed by atoms with Gasteiger partial charge in [-0.05, 0) is 112 Å². The van der Waals surface area contributed by atoms with Crippen LogP contribution < -0.4 is 0 Å². The molecule has 0 radical (unpaired) electrons. The van der Waals surface area contributed by atoms with Crippen molar-refractivity contribution in [3.8, 4) is 33.4 Å². The zero-order valence-electron chi connectivity index (χ0n) is 31.3. The Morgan fingerprint density at radius 2 is 0.862 bits per heavy atom. The second-order valence-electron chi connectivity index (χ2n) is 15.5. The summed E-state index contributed by atoms with van der Waals surface area (Å²) in [6, 6.07) is 71.4. The van der Waals surface area contributed by atoms with Crippen LogP contribution in [0.4, 0.5) is 0 Å². The van der Waals surface area contributed by atoms with Crippen molar-refractivity contribution in [1.29, 1.82) is 0 Å².